The first kappa shape index (κ1) is 21.0. The molecule has 0 radical (unpaired) electrons. The van der Waals surface area contributed by atoms with Crippen molar-refractivity contribution in [1.82, 2.24) is 0 Å². The lowest BCUT2D eigenvalue weighted by Gasteiger charge is -2.09. The van der Waals surface area contributed by atoms with E-state index in [1.54, 1.807) is 18.2 Å². The second kappa shape index (κ2) is 9.17. The van der Waals surface area contributed by atoms with Gasteiger partial charge in [-0.3, -0.25) is 10.5 Å². The molecule has 4 N–H and O–H groups in total. The van der Waals surface area contributed by atoms with E-state index in [4.69, 9.17) is 28.9 Å². The predicted molar refractivity (Wildman–Crippen MR) is 116 cm³/mol. The van der Waals surface area contributed by atoms with Crippen LogP contribution in [0.4, 0.5) is 11.5 Å². The minimum atomic E-state index is -0.336. The van der Waals surface area contributed by atoms with Crippen LogP contribution in [0, 0.1) is 22.7 Å². The van der Waals surface area contributed by atoms with Crippen molar-refractivity contribution in [2.24, 2.45) is 0 Å². The Morgan fingerprint density at radius 2 is 2.00 bits per heavy atom. The van der Waals surface area contributed by atoms with Crippen LogP contribution in [-0.2, 0) is 4.79 Å². The van der Waals surface area contributed by atoms with Gasteiger partial charge in [-0.05, 0) is 29.6 Å². The zero-order valence-corrected chi connectivity index (χ0v) is 17.8. The van der Waals surface area contributed by atoms with E-state index in [0.29, 0.717) is 26.3 Å². The summed E-state index contributed by atoms with van der Waals surface area (Å²) in [5.74, 6) is -0.212. The number of halogens is 2. The van der Waals surface area contributed by atoms with Crippen LogP contribution in [0.15, 0.2) is 40.7 Å². The Bertz CT molecular complexity index is 1170. The Labute approximate surface area is 184 Å². The molecule has 0 aliphatic carbocycles. The molecule has 2 heterocycles. The van der Waals surface area contributed by atoms with E-state index in [0.717, 1.165) is 16.6 Å². The fourth-order valence-electron chi connectivity index (χ4n) is 2.54. The molecule has 144 valence electrons. The fourth-order valence-corrected chi connectivity index (χ4v) is 4.48. The van der Waals surface area contributed by atoms with E-state index in [-0.39, 0.29) is 28.6 Å². The molecule has 1 aromatic carbocycles. The van der Waals surface area contributed by atoms with E-state index in [9.17, 15) is 15.3 Å². The first-order chi connectivity index (χ1) is 13.9. The van der Waals surface area contributed by atoms with Gasteiger partial charge in [-0.1, -0.05) is 41.0 Å². The number of rotatable bonds is 5. The summed E-state index contributed by atoms with van der Waals surface area (Å²) in [4.78, 5) is 16.0. The SMILES string of the molecule is N#Cc1c(N)[nH+]c(SCC(=O)Nc2cc(Cl)ccc2Cl)c(C#N)c1-c1cccs1. The van der Waals surface area contributed by atoms with Crippen molar-refractivity contribution in [1.29, 1.82) is 10.5 Å². The number of nitrogens with two attached hydrogens (primary N) is 1. The molecule has 0 fully saturated rings. The molecule has 2 aromatic heterocycles. The van der Waals surface area contributed by atoms with E-state index < -0.39 is 0 Å². The molecular weight excluding hydrogens is 449 g/mol. The van der Waals surface area contributed by atoms with Crippen LogP contribution in [-0.4, -0.2) is 11.7 Å². The molecule has 0 aliphatic rings. The zero-order chi connectivity index (χ0) is 21.0. The summed E-state index contributed by atoms with van der Waals surface area (Å²) in [5, 5.41) is 24.9. The van der Waals surface area contributed by atoms with Crippen LogP contribution in [0.2, 0.25) is 10.0 Å². The van der Waals surface area contributed by atoms with Crippen molar-refractivity contribution < 1.29 is 9.78 Å². The first-order valence-electron chi connectivity index (χ1n) is 8.05. The molecule has 3 rings (SSSR count). The smallest absolute Gasteiger partial charge is 0.289 e. The third-order valence-corrected chi connectivity index (χ3v) is 6.24. The highest BCUT2D eigenvalue weighted by Gasteiger charge is 2.24. The van der Waals surface area contributed by atoms with Crippen molar-refractivity contribution in [3.05, 3.63) is 56.9 Å². The average Bonchev–Trinajstić information content (AvgIpc) is 3.23. The Hall–Kier alpha value is -2.75. The topological polar surface area (TPSA) is 117 Å². The molecule has 0 atom stereocenters. The second-order valence-corrected chi connectivity index (χ2v) is 8.43. The first-order valence-corrected chi connectivity index (χ1v) is 10.7. The van der Waals surface area contributed by atoms with E-state index >= 15 is 0 Å². The Balaban J connectivity index is 1.88. The number of nitrogens with zero attached hydrogens (tertiary/aromatic N) is 2. The van der Waals surface area contributed by atoms with Gasteiger partial charge in [0.2, 0.25) is 5.91 Å². The number of H-pyrrole nitrogens is 1. The number of amides is 1. The maximum absolute atomic E-state index is 12.4. The number of thioether (sulfide) groups is 1. The third kappa shape index (κ3) is 4.64. The van der Waals surface area contributed by atoms with Crippen molar-refractivity contribution in [2.75, 3.05) is 16.8 Å². The molecule has 0 saturated carbocycles. The number of anilines is 2. The molecule has 10 heteroatoms. The maximum Gasteiger partial charge on any atom is 0.289 e. The Morgan fingerprint density at radius 3 is 2.66 bits per heavy atom. The molecule has 0 saturated heterocycles. The number of pyridine rings is 1. The average molecular weight is 461 g/mol. The Morgan fingerprint density at radius 1 is 1.24 bits per heavy atom. The number of thiophene rings is 1. The van der Waals surface area contributed by atoms with Crippen molar-refractivity contribution in [3.63, 3.8) is 0 Å². The summed E-state index contributed by atoms with van der Waals surface area (Å²) in [5.41, 5.74) is 7.32. The van der Waals surface area contributed by atoms with Gasteiger partial charge in [0.15, 0.2) is 10.6 Å². The number of hydrogen-bond donors (Lipinski definition) is 2. The fraction of sp³-hybridized carbons (Fsp3) is 0.0526. The number of benzene rings is 1. The second-order valence-electron chi connectivity index (χ2n) is 5.65. The summed E-state index contributed by atoms with van der Waals surface area (Å²) in [6.07, 6.45) is 0. The van der Waals surface area contributed by atoms with Crippen molar-refractivity contribution in [3.8, 4) is 22.6 Å². The Kier molecular flexibility index (Phi) is 6.63. The molecular formula is C19H12Cl2N5OS2+. The number of carbonyl (C=O) groups excluding carboxylic acids is 1. The van der Waals surface area contributed by atoms with Crippen molar-refractivity contribution >= 4 is 63.7 Å². The van der Waals surface area contributed by atoms with Crippen LogP contribution in [0.3, 0.4) is 0 Å². The monoisotopic (exact) mass is 460 g/mol. The van der Waals surface area contributed by atoms with E-state index in [2.05, 4.69) is 16.4 Å². The number of hydrogen-bond acceptors (Lipinski definition) is 6. The standard InChI is InChI=1S/C19H11Cl2N5OS2/c20-10-3-4-13(21)14(6-10)25-16(27)9-29-19-12(8-23)17(15-2-1-5-28-15)11(7-22)18(24)26-19/h1-6H,9H2,(H2,24,26)(H,25,27)/p+1. The molecule has 1 amide bonds. The summed E-state index contributed by atoms with van der Waals surface area (Å²) >= 11 is 14.5. The van der Waals surface area contributed by atoms with Crippen LogP contribution in [0.1, 0.15) is 11.1 Å². The molecule has 6 nitrogen and oxygen atoms in total. The van der Waals surface area contributed by atoms with Crippen LogP contribution < -0.4 is 16.0 Å². The quantitative estimate of drug-likeness (QED) is 0.539. The van der Waals surface area contributed by atoms with Gasteiger partial charge in [-0.15, -0.1) is 11.3 Å². The number of nitrogens with one attached hydrogen (secondary N) is 2. The summed E-state index contributed by atoms with van der Waals surface area (Å²) in [6.45, 7) is 0. The van der Waals surface area contributed by atoms with Gasteiger partial charge >= 0.3 is 0 Å². The van der Waals surface area contributed by atoms with E-state index in [1.807, 2.05) is 23.6 Å². The van der Waals surface area contributed by atoms with Crippen LogP contribution >= 0.6 is 46.3 Å². The largest absolute Gasteiger partial charge is 0.324 e. The van der Waals surface area contributed by atoms with Gasteiger partial charge < -0.3 is 5.32 Å². The molecule has 0 aliphatic heterocycles. The van der Waals surface area contributed by atoms with Gasteiger partial charge in [-0.2, -0.15) is 10.5 Å². The highest BCUT2D eigenvalue weighted by Crippen LogP contribution is 2.36. The highest BCUT2D eigenvalue weighted by molar-refractivity contribution is 7.99. The van der Waals surface area contributed by atoms with Gasteiger partial charge in [0, 0.05) is 15.5 Å². The number of nitrogen functional groups attached to an aromatic ring is 1. The molecule has 3 aromatic rings. The summed E-state index contributed by atoms with van der Waals surface area (Å²) in [7, 11) is 0. The highest BCUT2D eigenvalue weighted by atomic mass is 35.5. The lowest BCUT2D eigenvalue weighted by atomic mass is 10.0. The lowest BCUT2D eigenvalue weighted by Crippen LogP contribution is -2.20. The number of nitriles is 2. The number of aromatic nitrogens is 1. The van der Waals surface area contributed by atoms with Crippen LogP contribution in [0.5, 0.6) is 0 Å². The third-order valence-electron chi connectivity index (χ3n) is 3.79. The van der Waals surface area contributed by atoms with Gasteiger partial charge in [0.1, 0.15) is 17.7 Å². The summed E-state index contributed by atoms with van der Waals surface area (Å²) in [6, 6.07) is 12.6. The van der Waals surface area contributed by atoms with Gasteiger partial charge in [-0.25, -0.2) is 4.98 Å². The number of aromatic amines is 1. The minimum absolute atomic E-state index is 0.0107. The zero-order valence-electron chi connectivity index (χ0n) is 14.6. The molecule has 0 spiro atoms. The maximum atomic E-state index is 12.4. The van der Waals surface area contributed by atoms with Gasteiger partial charge in [0.25, 0.3) is 5.82 Å². The molecule has 0 unspecified atom stereocenters. The van der Waals surface area contributed by atoms with Crippen LogP contribution in [0.25, 0.3) is 10.4 Å². The summed E-state index contributed by atoms with van der Waals surface area (Å²) < 4.78 is 0. The van der Waals surface area contributed by atoms with Crippen molar-refractivity contribution in [2.45, 2.75) is 5.03 Å². The predicted octanol–water partition coefficient (Wildman–Crippen LogP) is 4.59. The molecule has 0 bridgehead atoms. The number of carbonyl (C=O) groups is 1. The lowest BCUT2D eigenvalue weighted by molar-refractivity contribution is -0.410. The normalized spacial score (nSPS) is 10.2. The van der Waals surface area contributed by atoms with Gasteiger partial charge in [0.05, 0.1) is 16.5 Å². The van der Waals surface area contributed by atoms with E-state index in [1.165, 1.54) is 11.3 Å². The molecule has 29 heavy (non-hydrogen) atoms. The minimum Gasteiger partial charge on any atom is -0.324 e.